The van der Waals surface area contributed by atoms with Gasteiger partial charge in [-0.25, -0.2) is 8.42 Å². The Hall–Kier alpha value is -2.91. The number of carbonyl (C=O) groups is 1. The van der Waals surface area contributed by atoms with Gasteiger partial charge in [-0.2, -0.15) is 0 Å². The molecule has 0 saturated heterocycles. The van der Waals surface area contributed by atoms with Crippen LogP contribution in [0.2, 0.25) is 5.02 Å². The molecule has 0 unspecified atom stereocenters. The number of aryl methyl sites for hydroxylation is 1. The van der Waals surface area contributed by atoms with Crippen molar-refractivity contribution in [3.05, 3.63) is 59.0 Å². The van der Waals surface area contributed by atoms with E-state index in [4.69, 9.17) is 16.1 Å². The molecular weight excluding hydrogens is 392 g/mol. The predicted octanol–water partition coefficient (Wildman–Crippen LogP) is 3.32. The number of nitrogens with zero attached hydrogens (tertiary/aromatic N) is 2. The Morgan fingerprint density at radius 2 is 2.00 bits per heavy atom. The van der Waals surface area contributed by atoms with Crippen molar-refractivity contribution in [2.24, 2.45) is 0 Å². The van der Waals surface area contributed by atoms with Crippen LogP contribution in [0.25, 0.3) is 11.3 Å². The zero-order valence-electron chi connectivity index (χ0n) is 14.4. The first-order valence-corrected chi connectivity index (χ1v) is 9.97. The standard InChI is InChI=1S/C17H15ClN4O4S/c1-10-14(7-12(18)9-19-10)20-17(23)15-8-16(26-21-15)11-4-3-5-13(6-11)22-27(2,24)25/h3-9,22H,1-2H3,(H,20,23). The van der Waals surface area contributed by atoms with Crippen molar-refractivity contribution in [3.63, 3.8) is 0 Å². The third-order valence-electron chi connectivity index (χ3n) is 3.49. The predicted molar refractivity (Wildman–Crippen MR) is 102 cm³/mol. The third-order valence-corrected chi connectivity index (χ3v) is 4.31. The monoisotopic (exact) mass is 406 g/mol. The molecule has 27 heavy (non-hydrogen) atoms. The third kappa shape index (κ3) is 4.83. The highest BCUT2D eigenvalue weighted by Crippen LogP contribution is 2.25. The molecule has 1 amide bonds. The van der Waals surface area contributed by atoms with E-state index in [-0.39, 0.29) is 5.69 Å². The van der Waals surface area contributed by atoms with Crippen LogP contribution in [0, 0.1) is 6.92 Å². The minimum atomic E-state index is -3.40. The van der Waals surface area contributed by atoms with Crippen LogP contribution in [0.4, 0.5) is 11.4 Å². The highest BCUT2D eigenvalue weighted by molar-refractivity contribution is 7.92. The van der Waals surface area contributed by atoms with Gasteiger partial charge in [-0.05, 0) is 25.1 Å². The largest absolute Gasteiger partial charge is 0.355 e. The number of halogens is 1. The summed E-state index contributed by atoms with van der Waals surface area (Å²) in [6, 6.07) is 9.59. The maximum absolute atomic E-state index is 12.4. The fourth-order valence-electron chi connectivity index (χ4n) is 2.29. The lowest BCUT2D eigenvalue weighted by atomic mass is 10.1. The summed E-state index contributed by atoms with van der Waals surface area (Å²) in [5.74, 6) is -0.166. The molecule has 3 rings (SSSR count). The molecule has 0 aliphatic rings. The molecule has 0 spiro atoms. The second-order valence-corrected chi connectivity index (χ2v) is 7.96. The van der Waals surface area contributed by atoms with Crippen LogP contribution in [0.15, 0.2) is 47.1 Å². The van der Waals surface area contributed by atoms with Crippen molar-refractivity contribution in [2.45, 2.75) is 6.92 Å². The minimum Gasteiger partial charge on any atom is -0.355 e. The zero-order chi connectivity index (χ0) is 19.6. The highest BCUT2D eigenvalue weighted by Gasteiger charge is 2.16. The van der Waals surface area contributed by atoms with Crippen LogP contribution in [0.5, 0.6) is 0 Å². The van der Waals surface area contributed by atoms with E-state index >= 15 is 0 Å². The summed E-state index contributed by atoms with van der Waals surface area (Å²) in [7, 11) is -3.40. The maximum atomic E-state index is 12.4. The number of pyridine rings is 1. The van der Waals surface area contributed by atoms with E-state index in [1.54, 1.807) is 37.3 Å². The molecule has 0 saturated carbocycles. The number of aromatic nitrogens is 2. The first-order chi connectivity index (χ1) is 12.7. The molecular formula is C17H15ClN4O4S. The minimum absolute atomic E-state index is 0.0610. The van der Waals surface area contributed by atoms with Crippen molar-refractivity contribution >= 4 is 38.9 Å². The first-order valence-electron chi connectivity index (χ1n) is 7.70. The normalized spacial score (nSPS) is 11.2. The van der Waals surface area contributed by atoms with Gasteiger partial charge in [-0.15, -0.1) is 0 Å². The lowest BCUT2D eigenvalue weighted by molar-refractivity contribution is 0.101. The van der Waals surface area contributed by atoms with Gasteiger partial charge in [0.1, 0.15) is 0 Å². The smallest absolute Gasteiger partial charge is 0.277 e. The number of hydrogen-bond donors (Lipinski definition) is 2. The summed E-state index contributed by atoms with van der Waals surface area (Å²) >= 11 is 5.89. The number of carbonyl (C=O) groups excluding carboxylic acids is 1. The molecule has 8 nitrogen and oxygen atoms in total. The second kappa shape index (κ2) is 7.37. The number of hydrogen-bond acceptors (Lipinski definition) is 6. The van der Waals surface area contributed by atoms with Gasteiger partial charge < -0.3 is 9.84 Å². The van der Waals surface area contributed by atoms with Crippen molar-refractivity contribution in [1.29, 1.82) is 0 Å². The van der Waals surface area contributed by atoms with E-state index in [1.807, 2.05) is 0 Å². The molecule has 0 aliphatic carbocycles. The molecule has 3 aromatic rings. The van der Waals surface area contributed by atoms with Crippen LogP contribution < -0.4 is 10.0 Å². The Morgan fingerprint density at radius 3 is 2.74 bits per heavy atom. The Kier molecular flexibility index (Phi) is 5.15. The number of nitrogens with one attached hydrogen (secondary N) is 2. The Labute approximate surface area is 160 Å². The van der Waals surface area contributed by atoms with E-state index in [9.17, 15) is 13.2 Å². The quantitative estimate of drug-likeness (QED) is 0.671. The fourth-order valence-corrected chi connectivity index (χ4v) is 3.00. The lowest BCUT2D eigenvalue weighted by Gasteiger charge is -2.06. The second-order valence-electron chi connectivity index (χ2n) is 5.77. The molecule has 2 heterocycles. The van der Waals surface area contributed by atoms with Crippen LogP contribution in [-0.2, 0) is 10.0 Å². The zero-order valence-corrected chi connectivity index (χ0v) is 15.9. The van der Waals surface area contributed by atoms with Crippen molar-refractivity contribution in [3.8, 4) is 11.3 Å². The van der Waals surface area contributed by atoms with Crippen molar-refractivity contribution < 1.29 is 17.7 Å². The molecule has 0 aliphatic heterocycles. The lowest BCUT2D eigenvalue weighted by Crippen LogP contribution is -2.13. The SMILES string of the molecule is Cc1ncc(Cl)cc1NC(=O)c1cc(-c2cccc(NS(C)(=O)=O)c2)on1. The fraction of sp³-hybridized carbons (Fsp3) is 0.118. The van der Waals surface area contributed by atoms with E-state index in [0.29, 0.717) is 33.4 Å². The molecule has 10 heteroatoms. The van der Waals surface area contributed by atoms with Crippen LogP contribution in [-0.4, -0.2) is 30.7 Å². The number of anilines is 2. The van der Waals surface area contributed by atoms with Gasteiger partial charge in [-0.1, -0.05) is 28.9 Å². The van der Waals surface area contributed by atoms with Gasteiger partial charge in [-0.3, -0.25) is 14.5 Å². The van der Waals surface area contributed by atoms with Gasteiger partial charge >= 0.3 is 0 Å². The highest BCUT2D eigenvalue weighted by atomic mass is 35.5. The average Bonchev–Trinajstić information content (AvgIpc) is 3.07. The topological polar surface area (TPSA) is 114 Å². The van der Waals surface area contributed by atoms with Crippen molar-refractivity contribution in [2.75, 3.05) is 16.3 Å². The van der Waals surface area contributed by atoms with E-state index in [0.717, 1.165) is 6.26 Å². The summed E-state index contributed by atoms with van der Waals surface area (Å²) < 4.78 is 30.3. The summed E-state index contributed by atoms with van der Waals surface area (Å²) in [5.41, 5.74) is 2.08. The number of rotatable bonds is 5. The van der Waals surface area contributed by atoms with Crippen molar-refractivity contribution in [1.82, 2.24) is 10.1 Å². The molecule has 2 N–H and O–H groups in total. The van der Waals surface area contributed by atoms with E-state index in [2.05, 4.69) is 20.2 Å². The van der Waals surface area contributed by atoms with Crippen LogP contribution >= 0.6 is 11.6 Å². The number of benzene rings is 1. The molecule has 0 atom stereocenters. The summed E-state index contributed by atoms with van der Waals surface area (Å²) in [6.45, 7) is 1.74. The van der Waals surface area contributed by atoms with E-state index in [1.165, 1.54) is 12.3 Å². The molecule has 0 bridgehead atoms. The molecule has 0 fully saturated rings. The van der Waals surface area contributed by atoms with Crippen LogP contribution in [0.1, 0.15) is 16.2 Å². The molecule has 0 radical (unpaired) electrons. The Bertz CT molecular complexity index is 1110. The Morgan fingerprint density at radius 1 is 1.22 bits per heavy atom. The van der Waals surface area contributed by atoms with Gasteiger partial charge in [0, 0.05) is 23.5 Å². The summed E-state index contributed by atoms with van der Waals surface area (Å²) in [4.78, 5) is 16.5. The number of amides is 1. The van der Waals surface area contributed by atoms with E-state index < -0.39 is 15.9 Å². The van der Waals surface area contributed by atoms with Gasteiger partial charge in [0.05, 0.1) is 22.7 Å². The molecule has 140 valence electrons. The Balaban J connectivity index is 1.81. The first kappa shape index (κ1) is 18.9. The molecule has 2 aromatic heterocycles. The van der Waals surface area contributed by atoms with Gasteiger partial charge in [0.25, 0.3) is 5.91 Å². The summed E-state index contributed by atoms with van der Waals surface area (Å²) in [5, 5.41) is 6.84. The van der Waals surface area contributed by atoms with Gasteiger partial charge in [0.2, 0.25) is 10.0 Å². The average molecular weight is 407 g/mol. The maximum Gasteiger partial charge on any atom is 0.277 e. The summed E-state index contributed by atoms with van der Waals surface area (Å²) in [6.07, 6.45) is 2.54. The number of sulfonamides is 1. The molecule has 1 aromatic carbocycles. The van der Waals surface area contributed by atoms with Gasteiger partial charge in [0.15, 0.2) is 11.5 Å². The van der Waals surface area contributed by atoms with Crippen LogP contribution in [0.3, 0.4) is 0 Å².